The van der Waals surface area contributed by atoms with E-state index < -0.39 is 30.9 Å². The molecule has 1 aromatic carbocycles. The summed E-state index contributed by atoms with van der Waals surface area (Å²) in [6.07, 6.45) is 0.732. The van der Waals surface area contributed by atoms with Gasteiger partial charge in [-0.2, -0.15) is 0 Å². The van der Waals surface area contributed by atoms with Crippen molar-refractivity contribution in [3.05, 3.63) is 30.3 Å². The van der Waals surface area contributed by atoms with Gasteiger partial charge in [-0.25, -0.2) is 16.8 Å². The topological polar surface area (TPSA) is 109 Å². The van der Waals surface area contributed by atoms with Crippen LogP contribution in [0.25, 0.3) is 0 Å². The number of sulfone groups is 1. The van der Waals surface area contributed by atoms with Gasteiger partial charge in [0.15, 0.2) is 14.9 Å². The van der Waals surface area contributed by atoms with Crippen molar-refractivity contribution in [3.8, 4) is 0 Å². The fourth-order valence-corrected chi connectivity index (χ4v) is 5.25. The predicted octanol–water partition coefficient (Wildman–Crippen LogP) is 0.690. The third kappa shape index (κ3) is 6.13. The maximum absolute atomic E-state index is 12.2. The first-order valence-corrected chi connectivity index (χ1v) is 9.74. The Hall–Kier alpha value is -1.61. The lowest BCUT2D eigenvalue weighted by molar-refractivity contribution is -0.137. The second kappa shape index (κ2) is 6.90. The van der Waals surface area contributed by atoms with Gasteiger partial charge in [0.05, 0.1) is 5.69 Å². The molecule has 0 heterocycles. The highest BCUT2D eigenvalue weighted by Crippen LogP contribution is 2.19. The van der Waals surface area contributed by atoms with Crippen LogP contribution in [0, 0.1) is 0 Å². The number of para-hydroxylation sites is 1. The number of benzene rings is 1. The molecular weight excluding hydrogens is 318 g/mol. The van der Waals surface area contributed by atoms with Crippen LogP contribution in [0.4, 0.5) is 5.69 Å². The molecule has 0 saturated heterocycles. The van der Waals surface area contributed by atoms with E-state index in [0.717, 1.165) is 10.6 Å². The van der Waals surface area contributed by atoms with Crippen LogP contribution in [-0.4, -0.2) is 45.8 Å². The summed E-state index contributed by atoms with van der Waals surface area (Å²) >= 11 is 0. The van der Waals surface area contributed by atoms with Gasteiger partial charge in [0.1, 0.15) is 0 Å². The molecule has 0 aliphatic heterocycles. The van der Waals surface area contributed by atoms with Crippen molar-refractivity contribution >= 4 is 31.5 Å². The van der Waals surface area contributed by atoms with Crippen molar-refractivity contribution in [3.63, 3.8) is 0 Å². The van der Waals surface area contributed by atoms with Crippen molar-refractivity contribution in [1.82, 2.24) is 0 Å². The molecule has 1 N–H and O–H groups in total. The van der Waals surface area contributed by atoms with E-state index in [1.807, 2.05) is 0 Å². The lowest BCUT2D eigenvalue weighted by Crippen LogP contribution is -2.36. The second-order valence-electron chi connectivity index (χ2n) is 4.56. The van der Waals surface area contributed by atoms with Gasteiger partial charge in [-0.05, 0) is 18.6 Å². The molecule has 1 aromatic rings. The van der Waals surface area contributed by atoms with Crippen LogP contribution >= 0.6 is 0 Å². The number of hydrogen-bond donors (Lipinski definition) is 1. The Bertz CT molecular complexity index is 682. The predicted molar refractivity (Wildman–Crippen MR) is 79.3 cm³/mol. The highest BCUT2D eigenvalue weighted by Gasteiger charge is 2.26. The van der Waals surface area contributed by atoms with Gasteiger partial charge in [0, 0.05) is 19.2 Å². The van der Waals surface area contributed by atoms with Crippen LogP contribution in [0.5, 0.6) is 0 Å². The van der Waals surface area contributed by atoms with Crippen LogP contribution in [0.15, 0.2) is 30.3 Å². The van der Waals surface area contributed by atoms with E-state index in [1.165, 1.54) is 12.1 Å². The molecular formula is C12H17NO6S2. The van der Waals surface area contributed by atoms with Crippen LogP contribution < -0.4 is 4.31 Å². The van der Waals surface area contributed by atoms with E-state index in [1.54, 1.807) is 18.2 Å². The average Bonchev–Trinajstić information content (AvgIpc) is 2.32. The van der Waals surface area contributed by atoms with E-state index in [-0.39, 0.29) is 19.4 Å². The van der Waals surface area contributed by atoms with Gasteiger partial charge in [0.2, 0.25) is 10.0 Å². The minimum Gasteiger partial charge on any atom is -0.481 e. The highest BCUT2D eigenvalue weighted by molar-refractivity contribution is 8.08. The number of sulfonamides is 1. The molecule has 0 aliphatic carbocycles. The van der Waals surface area contributed by atoms with E-state index >= 15 is 0 Å². The lowest BCUT2D eigenvalue weighted by Gasteiger charge is -2.23. The van der Waals surface area contributed by atoms with Crippen molar-refractivity contribution in [2.45, 2.75) is 12.8 Å². The molecule has 21 heavy (non-hydrogen) atoms. The molecule has 0 spiro atoms. The summed E-state index contributed by atoms with van der Waals surface area (Å²) < 4.78 is 47.9. The number of rotatable bonds is 8. The summed E-state index contributed by atoms with van der Waals surface area (Å²) in [4.78, 5) is 10.5. The average molecular weight is 335 g/mol. The Balaban J connectivity index is 3.04. The Morgan fingerprint density at radius 2 is 1.71 bits per heavy atom. The largest absolute Gasteiger partial charge is 0.481 e. The third-order valence-electron chi connectivity index (χ3n) is 2.49. The molecule has 0 fully saturated rings. The number of carboxylic acid groups (broad SMARTS) is 1. The SMILES string of the molecule is CS(=O)(=O)CS(=O)(=O)N(CCCC(=O)O)c1ccccc1. The normalized spacial score (nSPS) is 12.0. The Morgan fingerprint density at radius 3 is 2.19 bits per heavy atom. The maximum atomic E-state index is 12.2. The second-order valence-corrected chi connectivity index (χ2v) is 8.96. The molecule has 0 atom stereocenters. The molecule has 0 unspecified atom stereocenters. The fourth-order valence-electron chi connectivity index (χ4n) is 1.73. The number of carbonyl (C=O) groups is 1. The summed E-state index contributed by atoms with van der Waals surface area (Å²) in [5, 5.41) is 7.61. The zero-order valence-electron chi connectivity index (χ0n) is 11.5. The minimum atomic E-state index is -4.08. The molecule has 0 bridgehead atoms. The summed E-state index contributed by atoms with van der Waals surface area (Å²) in [5.74, 6) is -1.04. The molecule has 1 rings (SSSR count). The lowest BCUT2D eigenvalue weighted by atomic mass is 10.3. The summed E-state index contributed by atoms with van der Waals surface area (Å²) in [5.41, 5.74) is 0.312. The van der Waals surface area contributed by atoms with E-state index in [2.05, 4.69) is 0 Å². The van der Waals surface area contributed by atoms with Crippen LogP contribution in [0.2, 0.25) is 0 Å². The fraction of sp³-hybridized carbons (Fsp3) is 0.417. The van der Waals surface area contributed by atoms with Gasteiger partial charge < -0.3 is 5.11 Å². The summed E-state index contributed by atoms with van der Waals surface area (Å²) in [6, 6.07) is 7.99. The van der Waals surface area contributed by atoms with Crippen molar-refractivity contribution in [2.75, 3.05) is 22.2 Å². The number of hydrogen-bond acceptors (Lipinski definition) is 5. The zero-order valence-corrected chi connectivity index (χ0v) is 13.1. The Labute approximate surface area is 124 Å². The smallest absolute Gasteiger partial charge is 0.303 e. The molecule has 7 nitrogen and oxygen atoms in total. The van der Waals surface area contributed by atoms with Crippen molar-refractivity contribution in [2.24, 2.45) is 0 Å². The van der Waals surface area contributed by atoms with Crippen molar-refractivity contribution in [1.29, 1.82) is 0 Å². The number of carboxylic acids is 1. The van der Waals surface area contributed by atoms with Crippen LogP contribution in [0.1, 0.15) is 12.8 Å². The molecule has 0 saturated carbocycles. The van der Waals surface area contributed by atoms with Gasteiger partial charge >= 0.3 is 5.97 Å². The number of nitrogens with zero attached hydrogens (tertiary/aromatic N) is 1. The molecule has 0 radical (unpaired) electrons. The molecule has 118 valence electrons. The summed E-state index contributed by atoms with van der Waals surface area (Å²) in [6.45, 7) is -0.0891. The monoisotopic (exact) mass is 335 g/mol. The molecule has 9 heteroatoms. The first-order chi connectivity index (χ1) is 9.62. The quantitative estimate of drug-likeness (QED) is 0.748. The van der Waals surface area contributed by atoms with Crippen LogP contribution in [-0.2, 0) is 24.7 Å². The zero-order chi connectivity index (χ0) is 16.1. The van der Waals surface area contributed by atoms with E-state index in [0.29, 0.717) is 5.69 Å². The standard InChI is InChI=1S/C12H17NO6S2/c1-20(16,17)10-21(18,19)13(9-5-8-12(14)15)11-6-3-2-4-7-11/h2-4,6-7H,5,8-10H2,1H3,(H,14,15). The van der Waals surface area contributed by atoms with Crippen molar-refractivity contribution < 1.29 is 26.7 Å². The Kier molecular flexibility index (Phi) is 5.73. The molecule has 0 aliphatic rings. The van der Waals surface area contributed by atoms with Gasteiger partial charge in [-0.15, -0.1) is 0 Å². The van der Waals surface area contributed by atoms with Gasteiger partial charge in [-0.3, -0.25) is 9.10 Å². The summed E-state index contributed by atoms with van der Waals surface area (Å²) in [7, 11) is -7.80. The number of aliphatic carboxylic acids is 1. The molecule has 0 aromatic heterocycles. The van der Waals surface area contributed by atoms with E-state index in [4.69, 9.17) is 5.11 Å². The highest BCUT2D eigenvalue weighted by atomic mass is 32.3. The number of anilines is 1. The van der Waals surface area contributed by atoms with E-state index in [9.17, 15) is 21.6 Å². The third-order valence-corrected chi connectivity index (χ3v) is 6.46. The molecule has 0 amide bonds. The minimum absolute atomic E-state index is 0.0891. The Morgan fingerprint density at radius 1 is 1.14 bits per heavy atom. The van der Waals surface area contributed by atoms with Crippen LogP contribution in [0.3, 0.4) is 0 Å². The van der Waals surface area contributed by atoms with Gasteiger partial charge in [0.25, 0.3) is 0 Å². The first-order valence-electron chi connectivity index (χ1n) is 6.07. The maximum Gasteiger partial charge on any atom is 0.303 e. The van der Waals surface area contributed by atoms with Gasteiger partial charge in [-0.1, -0.05) is 18.2 Å². The first kappa shape index (κ1) is 17.4.